The molecular weight excluding hydrogens is 494 g/mol. The largest absolute Gasteiger partial charge is 0.427 e. The number of aryl methyl sites for hydroxylation is 1. The van der Waals surface area contributed by atoms with Crippen LogP contribution in [0.5, 0.6) is 0 Å². The van der Waals surface area contributed by atoms with E-state index in [1.165, 1.54) is 11.8 Å². The van der Waals surface area contributed by atoms with Crippen LogP contribution < -0.4 is 10.6 Å². The molecule has 0 spiro atoms. The zero-order valence-corrected chi connectivity index (χ0v) is 21.8. The van der Waals surface area contributed by atoms with E-state index < -0.39 is 42.2 Å². The highest BCUT2D eigenvalue weighted by atomic mass is 16.7. The van der Waals surface area contributed by atoms with Crippen LogP contribution >= 0.6 is 0 Å². The van der Waals surface area contributed by atoms with E-state index in [4.69, 9.17) is 9.47 Å². The zero-order valence-electron chi connectivity index (χ0n) is 21.8. The van der Waals surface area contributed by atoms with Crippen LogP contribution in [0.3, 0.4) is 0 Å². The van der Waals surface area contributed by atoms with E-state index in [9.17, 15) is 24.3 Å². The first kappa shape index (κ1) is 26.9. The number of aliphatic hydroxyl groups is 1. The van der Waals surface area contributed by atoms with Crippen LogP contribution in [-0.2, 0) is 30.9 Å². The van der Waals surface area contributed by atoms with Gasteiger partial charge in [0.25, 0.3) is 0 Å². The third-order valence-corrected chi connectivity index (χ3v) is 6.35. The fraction of sp³-hybridized carbons (Fsp3) is 0.423. The summed E-state index contributed by atoms with van der Waals surface area (Å²) in [5.74, 6) is -1.95. The van der Waals surface area contributed by atoms with Crippen LogP contribution in [0.2, 0.25) is 0 Å². The Labute approximate surface area is 219 Å². The number of imidazole rings is 1. The molecule has 0 bridgehead atoms. The van der Waals surface area contributed by atoms with Crippen LogP contribution in [0, 0.1) is 11.3 Å². The number of aliphatic hydroxyl groups excluding tert-OH is 1. The zero-order chi connectivity index (χ0) is 27.8. The molecule has 1 aromatic carbocycles. The molecule has 202 valence electrons. The molecule has 4 rings (SSSR count). The second kappa shape index (κ2) is 10.3. The number of amides is 3. The maximum absolute atomic E-state index is 13.1. The van der Waals surface area contributed by atoms with E-state index in [0.717, 1.165) is 0 Å². The van der Waals surface area contributed by atoms with Crippen molar-refractivity contribution in [1.82, 2.24) is 14.5 Å². The number of anilines is 2. The number of carbonyl (C=O) groups is 4. The van der Waals surface area contributed by atoms with Gasteiger partial charge in [-0.25, -0.2) is 14.6 Å². The van der Waals surface area contributed by atoms with Gasteiger partial charge < -0.3 is 29.4 Å². The van der Waals surface area contributed by atoms with Gasteiger partial charge in [-0.2, -0.15) is 0 Å². The molecule has 2 aliphatic heterocycles. The first-order valence-electron chi connectivity index (χ1n) is 12.1. The summed E-state index contributed by atoms with van der Waals surface area (Å²) in [5.41, 5.74) is 0.990. The summed E-state index contributed by atoms with van der Waals surface area (Å²) in [6.45, 7) is 5.98. The lowest BCUT2D eigenvalue weighted by molar-refractivity contribution is -0.175. The number of urea groups is 1. The highest BCUT2D eigenvalue weighted by molar-refractivity contribution is 6.07. The minimum absolute atomic E-state index is 0.0531. The molecular formula is C26H31N5O7. The fourth-order valence-electron chi connectivity index (χ4n) is 4.45. The molecule has 1 aromatic heterocycles. The summed E-state index contributed by atoms with van der Waals surface area (Å²) in [6, 6.07) is 5.90. The molecule has 2 aliphatic rings. The standard InChI is InChI=1S/C26H31N5O7/c1-14(32)20-18-10-17(21(31(18)22(20)33)23(34)37-13-38-24(35)26(2,3)4)15-6-8-16(9-7-15)28-25(36)29-19-11-30(5)12-27-19/h6-9,11-12,14,18,20,32H,10,13H2,1-5H3,(H2,28,29,36)/t14-,18-,20-/m1/s1. The molecule has 0 saturated carbocycles. The van der Waals surface area contributed by atoms with Crippen LogP contribution in [0.15, 0.2) is 42.5 Å². The number of esters is 2. The van der Waals surface area contributed by atoms with Crippen LogP contribution in [0.1, 0.15) is 39.7 Å². The number of carbonyl (C=O) groups excluding carboxylic acids is 4. The SMILES string of the molecule is C[C@@H](O)[C@H]1C(=O)N2C(C(=O)OCOC(=O)C(C)(C)C)=C(c3ccc(NC(=O)Nc4cn(C)cn4)cc3)C[C@H]12. The second-order valence-electron chi connectivity index (χ2n) is 10.4. The average Bonchev–Trinajstić information content (AvgIpc) is 3.39. The van der Waals surface area contributed by atoms with Crippen molar-refractivity contribution in [2.75, 3.05) is 17.4 Å². The number of benzene rings is 1. The van der Waals surface area contributed by atoms with Crippen molar-refractivity contribution in [3.8, 4) is 0 Å². The van der Waals surface area contributed by atoms with Crippen LogP contribution in [-0.4, -0.2) is 62.4 Å². The molecule has 3 atom stereocenters. The minimum Gasteiger partial charge on any atom is -0.427 e. The summed E-state index contributed by atoms with van der Waals surface area (Å²) >= 11 is 0. The molecule has 0 radical (unpaired) electrons. The molecule has 3 heterocycles. The number of hydrogen-bond donors (Lipinski definition) is 3. The first-order valence-corrected chi connectivity index (χ1v) is 12.1. The maximum atomic E-state index is 13.1. The molecule has 12 heteroatoms. The molecule has 12 nitrogen and oxygen atoms in total. The van der Waals surface area contributed by atoms with Crippen LogP contribution in [0.4, 0.5) is 16.3 Å². The van der Waals surface area contributed by atoms with Gasteiger partial charge in [-0.1, -0.05) is 12.1 Å². The smallest absolute Gasteiger partial charge is 0.358 e. The first-order chi connectivity index (χ1) is 17.9. The number of β-lactam (4-membered cyclic amide) rings is 1. The monoisotopic (exact) mass is 525 g/mol. The highest BCUT2D eigenvalue weighted by Crippen LogP contribution is 2.47. The number of nitrogens with one attached hydrogen (secondary N) is 2. The molecule has 3 amide bonds. The fourth-order valence-corrected chi connectivity index (χ4v) is 4.45. The van der Waals surface area contributed by atoms with Gasteiger partial charge in [0.15, 0.2) is 5.82 Å². The minimum atomic E-state index is -0.877. The van der Waals surface area contributed by atoms with Crippen molar-refractivity contribution in [3.63, 3.8) is 0 Å². The predicted octanol–water partition coefficient (Wildman–Crippen LogP) is 2.48. The van der Waals surface area contributed by atoms with E-state index in [1.54, 1.807) is 69.2 Å². The van der Waals surface area contributed by atoms with Crippen molar-refractivity contribution in [3.05, 3.63) is 48.1 Å². The molecule has 1 saturated heterocycles. The van der Waals surface area contributed by atoms with E-state index in [1.807, 2.05) is 0 Å². The Balaban J connectivity index is 1.51. The van der Waals surface area contributed by atoms with Crippen LogP contribution in [0.25, 0.3) is 5.57 Å². The number of fused-ring (bicyclic) bond motifs is 1. The Morgan fingerprint density at radius 1 is 1.16 bits per heavy atom. The normalized spacial score (nSPS) is 19.4. The summed E-state index contributed by atoms with van der Waals surface area (Å²) in [6.07, 6.45) is 2.68. The Morgan fingerprint density at radius 2 is 1.84 bits per heavy atom. The lowest BCUT2D eigenvalue weighted by Crippen LogP contribution is -2.61. The lowest BCUT2D eigenvalue weighted by atomic mass is 9.82. The number of nitrogens with zero attached hydrogens (tertiary/aromatic N) is 3. The molecule has 0 unspecified atom stereocenters. The lowest BCUT2D eigenvalue weighted by Gasteiger charge is -2.44. The van der Waals surface area contributed by atoms with Gasteiger partial charge in [0.2, 0.25) is 12.7 Å². The summed E-state index contributed by atoms with van der Waals surface area (Å²) < 4.78 is 11.9. The summed E-state index contributed by atoms with van der Waals surface area (Å²) in [4.78, 5) is 55.5. The average molecular weight is 526 g/mol. The Bertz CT molecular complexity index is 1290. The van der Waals surface area contributed by atoms with Gasteiger partial charge >= 0.3 is 18.0 Å². The van der Waals surface area contributed by atoms with E-state index >= 15 is 0 Å². The van der Waals surface area contributed by atoms with E-state index in [0.29, 0.717) is 29.1 Å². The number of ether oxygens (including phenoxy) is 2. The van der Waals surface area contributed by atoms with Gasteiger partial charge in [-0.05, 0) is 57.4 Å². The van der Waals surface area contributed by atoms with Crippen molar-refractivity contribution < 1.29 is 33.8 Å². The number of aromatic nitrogens is 2. The van der Waals surface area contributed by atoms with Crippen molar-refractivity contribution in [2.24, 2.45) is 18.4 Å². The van der Waals surface area contributed by atoms with Gasteiger partial charge in [0.05, 0.1) is 29.8 Å². The topological polar surface area (TPSA) is 152 Å². The maximum Gasteiger partial charge on any atom is 0.358 e. The number of rotatable bonds is 7. The van der Waals surface area contributed by atoms with Gasteiger partial charge in [-0.15, -0.1) is 0 Å². The highest BCUT2D eigenvalue weighted by Gasteiger charge is 2.57. The molecule has 3 N–H and O–H groups in total. The summed E-state index contributed by atoms with van der Waals surface area (Å²) in [7, 11) is 1.79. The third-order valence-electron chi connectivity index (χ3n) is 6.35. The Morgan fingerprint density at radius 3 is 2.42 bits per heavy atom. The van der Waals surface area contributed by atoms with Gasteiger partial charge in [-0.3, -0.25) is 14.9 Å². The van der Waals surface area contributed by atoms with Crippen molar-refractivity contribution >= 4 is 41.0 Å². The van der Waals surface area contributed by atoms with Gasteiger partial charge in [0.1, 0.15) is 5.70 Å². The Kier molecular flexibility index (Phi) is 7.27. The van der Waals surface area contributed by atoms with E-state index in [2.05, 4.69) is 15.6 Å². The van der Waals surface area contributed by atoms with Gasteiger partial charge in [0, 0.05) is 18.9 Å². The van der Waals surface area contributed by atoms with E-state index in [-0.39, 0.29) is 17.6 Å². The molecule has 0 aliphatic carbocycles. The second-order valence-corrected chi connectivity index (χ2v) is 10.4. The molecule has 1 fully saturated rings. The summed E-state index contributed by atoms with van der Waals surface area (Å²) in [5, 5.41) is 15.4. The molecule has 38 heavy (non-hydrogen) atoms. The Hall–Kier alpha value is -4.19. The molecule has 2 aromatic rings. The van der Waals surface area contributed by atoms with Crippen molar-refractivity contribution in [1.29, 1.82) is 0 Å². The quantitative estimate of drug-likeness (QED) is 0.283. The predicted molar refractivity (Wildman–Crippen MR) is 136 cm³/mol. The third kappa shape index (κ3) is 5.40. The number of hydrogen-bond acceptors (Lipinski definition) is 8. The van der Waals surface area contributed by atoms with Crippen molar-refractivity contribution in [2.45, 2.75) is 46.3 Å².